The molecule has 2 aromatic carbocycles. The van der Waals surface area contributed by atoms with E-state index in [1.165, 1.54) is 34.7 Å². The second-order valence-corrected chi connectivity index (χ2v) is 6.22. The Kier molecular flexibility index (Phi) is 3.77. The second kappa shape index (κ2) is 5.55. The summed E-state index contributed by atoms with van der Waals surface area (Å²) in [5.74, 6) is 0. The summed E-state index contributed by atoms with van der Waals surface area (Å²) in [6.45, 7) is 3.31. The van der Waals surface area contributed by atoms with Crippen LogP contribution in [0.3, 0.4) is 0 Å². The Morgan fingerprint density at radius 1 is 1.10 bits per heavy atom. The van der Waals surface area contributed by atoms with E-state index in [4.69, 9.17) is 0 Å². The summed E-state index contributed by atoms with van der Waals surface area (Å²) in [5.41, 5.74) is 2.75. The summed E-state index contributed by atoms with van der Waals surface area (Å²) in [4.78, 5) is 2.35. The van der Waals surface area contributed by atoms with Crippen LogP contribution in [0.2, 0.25) is 0 Å². The first-order valence-electron chi connectivity index (χ1n) is 7.55. The molecule has 3 rings (SSSR count). The fraction of sp³-hybridized carbons (Fsp3) is 0.444. The molecule has 1 N–H and O–H groups in total. The maximum absolute atomic E-state index is 3.65. The van der Waals surface area contributed by atoms with Crippen LogP contribution in [0.4, 0.5) is 0 Å². The molecule has 1 fully saturated rings. The van der Waals surface area contributed by atoms with E-state index < -0.39 is 0 Å². The predicted octanol–water partition coefficient (Wildman–Crippen LogP) is 3.50. The molecule has 1 heterocycles. The molecule has 0 amide bonds. The third-order valence-corrected chi connectivity index (χ3v) is 4.40. The summed E-state index contributed by atoms with van der Waals surface area (Å²) in [6, 6.07) is 14.7. The van der Waals surface area contributed by atoms with Crippen LogP contribution in [0.1, 0.15) is 30.0 Å². The lowest BCUT2D eigenvalue weighted by atomic mass is 9.94. The third-order valence-electron chi connectivity index (χ3n) is 4.40. The van der Waals surface area contributed by atoms with Crippen molar-refractivity contribution >= 4 is 10.8 Å². The number of nitrogens with one attached hydrogen (secondary N) is 1. The summed E-state index contributed by atoms with van der Waals surface area (Å²) < 4.78 is 0. The lowest BCUT2D eigenvalue weighted by Crippen LogP contribution is -2.37. The highest BCUT2D eigenvalue weighted by Gasteiger charge is 2.27. The van der Waals surface area contributed by atoms with E-state index in [1.807, 2.05) is 0 Å². The van der Waals surface area contributed by atoms with E-state index in [1.54, 1.807) is 0 Å². The average molecular weight is 268 g/mol. The molecular formula is C18H24N2. The molecule has 20 heavy (non-hydrogen) atoms. The van der Waals surface area contributed by atoms with Gasteiger partial charge in [0.05, 0.1) is 0 Å². The summed E-state index contributed by atoms with van der Waals surface area (Å²) >= 11 is 0. The van der Waals surface area contributed by atoms with E-state index >= 15 is 0 Å². The summed E-state index contributed by atoms with van der Waals surface area (Å²) in [7, 11) is 4.37. The average Bonchev–Trinajstić information content (AvgIpc) is 2.92. The van der Waals surface area contributed by atoms with Crippen molar-refractivity contribution in [1.29, 1.82) is 0 Å². The highest BCUT2D eigenvalue weighted by atomic mass is 15.1. The molecule has 0 aromatic heterocycles. The van der Waals surface area contributed by atoms with E-state index in [2.05, 4.69) is 67.6 Å². The van der Waals surface area contributed by atoms with Crippen LogP contribution in [0, 0.1) is 6.92 Å². The SMILES string of the molecule is Cc1ccc2cc(C(C3CCCN3)N(C)C)ccc2c1. The van der Waals surface area contributed by atoms with Gasteiger partial charge in [-0.2, -0.15) is 0 Å². The Hall–Kier alpha value is -1.38. The Morgan fingerprint density at radius 3 is 2.55 bits per heavy atom. The number of rotatable bonds is 3. The Labute approximate surface area is 121 Å². The topological polar surface area (TPSA) is 15.3 Å². The van der Waals surface area contributed by atoms with Gasteiger partial charge in [-0.1, -0.05) is 35.9 Å². The van der Waals surface area contributed by atoms with Crippen molar-refractivity contribution in [1.82, 2.24) is 10.2 Å². The van der Waals surface area contributed by atoms with E-state index in [-0.39, 0.29) is 0 Å². The van der Waals surface area contributed by atoms with Crippen LogP contribution in [0.25, 0.3) is 10.8 Å². The van der Waals surface area contributed by atoms with Gasteiger partial charge in [-0.25, -0.2) is 0 Å². The van der Waals surface area contributed by atoms with Gasteiger partial charge in [-0.05, 0) is 62.8 Å². The van der Waals surface area contributed by atoms with Crippen molar-refractivity contribution in [2.45, 2.75) is 31.8 Å². The molecule has 1 saturated heterocycles. The lowest BCUT2D eigenvalue weighted by molar-refractivity contribution is 0.244. The maximum atomic E-state index is 3.65. The van der Waals surface area contributed by atoms with Crippen LogP contribution in [0.15, 0.2) is 36.4 Å². The molecule has 2 aromatic rings. The number of benzene rings is 2. The lowest BCUT2D eigenvalue weighted by Gasteiger charge is -2.30. The number of fused-ring (bicyclic) bond motifs is 1. The first-order valence-corrected chi connectivity index (χ1v) is 7.55. The van der Waals surface area contributed by atoms with Gasteiger partial charge >= 0.3 is 0 Å². The van der Waals surface area contributed by atoms with Gasteiger partial charge in [0.2, 0.25) is 0 Å². The van der Waals surface area contributed by atoms with Crippen LogP contribution in [0.5, 0.6) is 0 Å². The fourth-order valence-corrected chi connectivity index (χ4v) is 3.44. The van der Waals surface area contributed by atoms with Crippen LogP contribution in [-0.2, 0) is 0 Å². The van der Waals surface area contributed by atoms with Gasteiger partial charge in [-0.15, -0.1) is 0 Å². The van der Waals surface area contributed by atoms with Gasteiger partial charge in [0, 0.05) is 12.1 Å². The van der Waals surface area contributed by atoms with Gasteiger partial charge in [0.25, 0.3) is 0 Å². The molecule has 2 unspecified atom stereocenters. The Balaban J connectivity index is 2.00. The number of likely N-dealkylation sites (N-methyl/N-ethyl adjacent to an activating group) is 1. The zero-order valence-corrected chi connectivity index (χ0v) is 12.7. The molecule has 0 radical (unpaired) electrons. The number of hydrogen-bond donors (Lipinski definition) is 1. The number of hydrogen-bond acceptors (Lipinski definition) is 2. The minimum absolute atomic E-state index is 0.461. The van der Waals surface area contributed by atoms with Crippen molar-refractivity contribution in [3.05, 3.63) is 47.5 Å². The van der Waals surface area contributed by atoms with Crippen LogP contribution >= 0.6 is 0 Å². The van der Waals surface area contributed by atoms with Gasteiger partial charge < -0.3 is 10.2 Å². The summed E-state index contributed by atoms with van der Waals surface area (Å²) in [5, 5.41) is 6.34. The predicted molar refractivity (Wildman–Crippen MR) is 86.1 cm³/mol. The highest BCUT2D eigenvalue weighted by molar-refractivity contribution is 5.83. The first-order chi connectivity index (χ1) is 9.65. The van der Waals surface area contributed by atoms with Crippen LogP contribution in [-0.4, -0.2) is 31.6 Å². The van der Waals surface area contributed by atoms with Gasteiger partial charge in [0.1, 0.15) is 0 Å². The largest absolute Gasteiger partial charge is 0.312 e. The highest BCUT2D eigenvalue weighted by Crippen LogP contribution is 2.29. The molecule has 0 spiro atoms. The minimum atomic E-state index is 0.461. The van der Waals surface area contributed by atoms with Gasteiger partial charge in [-0.3, -0.25) is 0 Å². The standard InChI is InChI=1S/C18H24N2/c1-13-6-7-15-12-16(9-8-14(15)11-13)18(20(2)3)17-5-4-10-19-17/h6-9,11-12,17-19H,4-5,10H2,1-3H3. The first kappa shape index (κ1) is 13.6. The Morgan fingerprint density at radius 2 is 1.85 bits per heavy atom. The van der Waals surface area contributed by atoms with Gasteiger partial charge in [0.15, 0.2) is 0 Å². The smallest absolute Gasteiger partial charge is 0.0496 e. The normalized spacial score (nSPS) is 20.7. The van der Waals surface area contributed by atoms with E-state index in [0.717, 1.165) is 6.54 Å². The second-order valence-electron chi connectivity index (χ2n) is 6.22. The van der Waals surface area contributed by atoms with Crippen molar-refractivity contribution in [2.75, 3.05) is 20.6 Å². The zero-order valence-electron chi connectivity index (χ0n) is 12.7. The van der Waals surface area contributed by atoms with Crippen molar-refractivity contribution in [3.8, 4) is 0 Å². The summed E-state index contributed by atoms with van der Waals surface area (Å²) in [6.07, 6.45) is 2.57. The number of nitrogens with zero attached hydrogens (tertiary/aromatic N) is 1. The monoisotopic (exact) mass is 268 g/mol. The van der Waals surface area contributed by atoms with E-state index in [9.17, 15) is 0 Å². The molecule has 2 atom stereocenters. The van der Waals surface area contributed by atoms with Crippen LogP contribution < -0.4 is 5.32 Å². The Bertz CT molecular complexity index is 597. The molecule has 2 heteroatoms. The van der Waals surface area contributed by atoms with Crippen molar-refractivity contribution in [3.63, 3.8) is 0 Å². The zero-order chi connectivity index (χ0) is 14.1. The maximum Gasteiger partial charge on any atom is 0.0496 e. The molecule has 106 valence electrons. The quantitative estimate of drug-likeness (QED) is 0.916. The molecule has 1 aliphatic heterocycles. The molecule has 1 aliphatic rings. The molecule has 0 aliphatic carbocycles. The van der Waals surface area contributed by atoms with Crippen molar-refractivity contribution in [2.24, 2.45) is 0 Å². The number of aryl methyl sites for hydroxylation is 1. The molecule has 2 nitrogen and oxygen atoms in total. The molecule has 0 saturated carbocycles. The van der Waals surface area contributed by atoms with E-state index in [0.29, 0.717) is 12.1 Å². The third kappa shape index (κ3) is 2.58. The minimum Gasteiger partial charge on any atom is -0.312 e. The van der Waals surface area contributed by atoms with Crippen molar-refractivity contribution < 1.29 is 0 Å². The fourth-order valence-electron chi connectivity index (χ4n) is 3.44. The molecule has 0 bridgehead atoms. The molecular weight excluding hydrogens is 244 g/mol.